The summed E-state index contributed by atoms with van der Waals surface area (Å²) >= 11 is 0. The molecule has 1 saturated carbocycles. The number of carbonyl (C=O) groups excluding carboxylic acids is 1. The summed E-state index contributed by atoms with van der Waals surface area (Å²) in [7, 11) is 0. The van der Waals surface area contributed by atoms with Gasteiger partial charge in [-0.15, -0.1) is 0 Å². The third-order valence-electron chi connectivity index (χ3n) is 3.96. The van der Waals surface area contributed by atoms with Crippen LogP contribution < -0.4 is 5.32 Å². The van der Waals surface area contributed by atoms with Crippen molar-refractivity contribution in [1.29, 1.82) is 0 Å². The van der Waals surface area contributed by atoms with Crippen molar-refractivity contribution in [2.24, 2.45) is 11.3 Å². The van der Waals surface area contributed by atoms with Crippen LogP contribution in [0.4, 0.5) is 0 Å². The van der Waals surface area contributed by atoms with Gasteiger partial charge in [-0.25, -0.2) is 0 Å². The van der Waals surface area contributed by atoms with E-state index in [-0.39, 0.29) is 5.91 Å². The predicted octanol–water partition coefficient (Wildman–Crippen LogP) is 0.309. The SMILES string of the molecule is CCN1CCC(CNC(=O)C2(C(=O)O)CC2)C1. The summed E-state index contributed by atoms with van der Waals surface area (Å²) in [6.45, 7) is 5.89. The number of hydrogen-bond acceptors (Lipinski definition) is 3. The van der Waals surface area contributed by atoms with Gasteiger partial charge >= 0.3 is 5.97 Å². The van der Waals surface area contributed by atoms with Crippen molar-refractivity contribution < 1.29 is 14.7 Å². The van der Waals surface area contributed by atoms with Crippen molar-refractivity contribution in [3.63, 3.8) is 0 Å². The molecule has 0 aromatic carbocycles. The maximum Gasteiger partial charge on any atom is 0.319 e. The molecule has 5 heteroatoms. The first-order chi connectivity index (χ1) is 8.08. The summed E-state index contributed by atoms with van der Waals surface area (Å²) < 4.78 is 0. The highest BCUT2D eigenvalue weighted by Gasteiger charge is 2.57. The van der Waals surface area contributed by atoms with Crippen molar-refractivity contribution in [3.8, 4) is 0 Å². The summed E-state index contributed by atoms with van der Waals surface area (Å²) in [6.07, 6.45) is 2.06. The molecule has 2 N–H and O–H groups in total. The van der Waals surface area contributed by atoms with Gasteiger partial charge in [0.15, 0.2) is 0 Å². The topological polar surface area (TPSA) is 69.6 Å². The van der Waals surface area contributed by atoms with E-state index in [1.807, 2.05) is 0 Å². The van der Waals surface area contributed by atoms with Gasteiger partial charge in [-0.3, -0.25) is 9.59 Å². The Morgan fingerprint density at radius 1 is 1.47 bits per heavy atom. The van der Waals surface area contributed by atoms with Crippen LogP contribution in [0.3, 0.4) is 0 Å². The molecular formula is C12H20N2O3. The molecule has 1 atom stereocenters. The second-order valence-corrected chi connectivity index (χ2v) is 5.15. The number of carboxylic acid groups (broad SMARTS) is 1. The summed E-state index contributed by atoms with van der Waals surface area (Å²) in [5.41, 5.74) is -1.09. The number of aliphatic carboxylic acids is 1. The zero-order chi connectivity index (χ0) is 12.5. The van der Waals surface area contributed by atoms with Crippen molar-refractivity contribution in [2.75, 3.05) is 26.2 Å². The van der Waals surface area contributed by atoms with Crippen LogP contribution in [-0.4, -0.2) is 48.1 Å². The number of hydrogen-bond donors (Lipinski definition) is 2. The van der Waals surface area contributed by atoms with E-state index < -0.39 is 11.4 Å². The fraction of sp³-hybridized carbons (Fsp3) is 0.833. The first kappa shape index (κ1) is 12.4. The molecule has 1 aliphatic heterocycles. The van der Waals surface area contributed by atoms with Crippen LogP contribution in [0.15, 0.2) is 0 Å². The second kappa shape index (κ2) is 4.64. The smallest absolute Gasteiger partial charge is 0.319 e. The molecule has 0 aromatic rings. The Bertz CT molecular complexity index is 326. The van der Waals surface area contributed by atoms with E-state index in [0.717, 1.165) is 26.1 Å². The van der Waals surface area contributed by atoms with Crippen molar-refractivity contribution in [2.45, 2.75) is 26.2 Å². The molecule has 1 amide bonds. The fourth-order valence-corrected chi connectivity index (χ4v) is 2.44. The highest BCUT2D eigenvalue weighted by Crippen LogP contribution is 2.46. The van der Waals surface area contributed by atoms with E-state index >= 15 is 0 Å². The Morgan fingerprint density at radius 3 is 2.65 bits per heavy atom. The summed E-state index contributed by atoms with van der Waals surface area (Å²) in [5, 5.41) is 11.8. The molecule has 1 heterocycles. The van der Waals surface area contributed by atoms with E-state index in [1.54, 1.807) is 0 Å². The Kier molecular flexibility index (Phi) is 3.38. The quantitative estimate of drug-likeness (QED) is 0.679. The minimum Gasteiger partial charge on any atom is -0.480 e. The molecule has 96 valence electrons. The number of carboxylic acids is 1. The Balaban J connectivity index is 1.76. The molecule has 0 spiro atoms. The fourth-order valence-electron chi connectivity index (χ4n) is 2.44. The zero-order valence-corrected chi connectivity index (χ0v) is 10.2. The molecule has 2 rings (SSSR count). The molecule has 17 heavy (non-hydrogen) atoms. The Labute approximate surface area is 101 Å². The summed E-state index contributed by atoms with van der Waals surface area (Å²) in [4.78, 5) is 25.1. The lowest BCUT2D eigenvalue weighted by atomic mass is 10.1. The van der Waals surface area contributed by atoms with Crippen molar-refractivity contribution in [1.82, 2.24) is 10.2 Å². The number of carbonyl (C=O) groups is 2. The lowest BCUT2D eigenvalue weighted by Gasteiger charge is -2.15. The standard InChI is InChI=1S/C12H20N2O3/c1-2-14-6-3-9(8-14)7-13-10(15)12(4-5-12)11(16)17/h9H,2-8H2,1H3,(H,13,15)(H,16,17). The molecular weight excluding hydrogens is 220 g/mol. The Hall–Kier alpha value is -1.10. The molecule has 1 aliphatic carbocycles. The molecule has 1 saturated heterocycles. The number of amides is 1. The average molecular weight is 240 g/mol. The van der Waals surface area contributed by atoms with Crippen LogP contribution in [0.1, 0.15) is 26.2 Å². The normalized spacial score (nSPS) is 26.8. The highest BCUT2D eigenvalue weighted by molar-refractivity contribution is 6.04. The third-order valence-corrected chi connectivity index (χ3v) is 3.96. The molecule has 2 fully saturated rings. The minimum absolute atomic E-state index is 0.292. The number of nitrogens with zero attached hydrogens (tertiary/aromatic N) is 1. The van der Waals surface area contributed by atoms with Gasteiger partial charge < -0.3 is 15.3 Å². The van der Waals surface area contributed by atoms with Crippen LogP contribution in [0.2, 0.25) is 0 Å². The van der Waals surface area contributed by atoms with Crippen LogP contribution >= 0.6 is 0 Å². The van der Waals surface area contributed by atoms with Gasteiger partial charge in [0, 0.05) is 13.1 Å². The molecule has 5 nitrogen and oxygen atoms in total. The number of rotatable bonds is 5. The van der Waals surface area contributed by atoms with Crippen LogP contribution in [0.25, 0.3) is 0 Å². The predicted molar refractivity (Wildman–Crippen MR) is 62.5 cm³/mol. The highest BCUT2D eigenvalue weighted by atomic mass is 16.4. The van der Waals surface area contributed by atoms with Gasteiger partial charge in [0.2, 0.25) is 5.91 Å². The molecule has 0 radical (unpaired) electrons. The molecule has 2 aliphatic rings. The maximum atomic E-state index is 11.8. The number of likely N-dealkylation sites (tertiary alicyclic amines) is 1. The van der Waals surface area contributed by atoms with E-state index in [0.29, 0.717) is 25.3 Å². The Morgan fingerprint density at radius 2 is 2.18 bits per heavy atom. The monoisotopic (exact) mass is 240 g/mol. The van der Waals surface area contributed by atoms with E-state index in [1.165, 1.54) is 0 Å². The maximum absolute atomic E-state index is 11.8. The second-order valence-electron chi connectivity index (χ2n) is 5.15. The van der Waals surface area contributed by atoms with E-state index in [2.05, 4.69) is 17.1 Å². The van der Waals surface area contributed by atoms with Gasteiger partial charge in [-0.1, -0.05) is 6.92 Å². The van der Waals surface area contributed by atoms with Crippen molar-refractivity contribution in [3.05, 3.63) is 0 Å². The van der Waals surface area contributed by atoms with Crippen molar-refractivity contribution >= 4 is 11.9 Å². The molecule has 1 unspecified atom stereocenters. The summed E-state index contributed by atoms with van der Waals surface area (Å²) in [5.74, 6) is -0.792. The van der Waals surface area contributed by atoms with Gasteiger partial charge in [0.25, 0.3) is 0 Å². The van der Waals surface area contributed by atoms with Gasteiger partial charge in [0.05, 0.1) is 0 Å². The lowest BCUT2D eigenvalue weighted by Crippen LogP contribution is -2.39. The minimum atomic E-state index is -1.09. The number of nitrogens with one attached hydrogen (secondary N) is 1. The van der Waals surface area contributed by atoms with E-state index in [4.69, 9.17) is 5.11 Å². The van der Waals surface area contributed by atoms with Gasteiger partial charge in [-0.2, -0.15) is 0 Å². The molecule has 0 aromatic heterocycles. The lowest BCUT2D eigenvalue weighted by molar-refractivity contribution is -0.149. The van der Waals surface area contributed by atoms with E-state index in [9.17, 15) is 9.59 Å². The largest absolute Gasteiger partial charge is 0.480 e. The van der Waals surface area contributed by atoms with Gasteiger partial charge in [0.1, 0.15) is 5.41 Å². The third kappa shape index (κ3) is 2.44. The van der Waals surface area contributed by atoms with Crippen LogP contribution in [0, 0.1) is 11.3 Å². The van der Waals surface area contributed by atoms with Crippen LogP contribution in [0.5, 0.6) is 0 Å². The average Bonchev–Trinajstić information content (AvgIpc) is 3.00. The van der Waals surface area contributed by atoms with Crippen LogP contribution in [-0.2, 0) is 9.59 Å². The summed E-state index contributed by atoms with van der Waals surface area (Å²) in [6, 6.07) is 0. The first-order valence-corrected chi connectivity index (χ1v) is 6.32. The molecule has 0 bridgehead atoms. The first-order valence-electron chi connectivity index (χ1n) is 6.32. The zero-order valence-electron chi connectivity index (χ0n) is 10.2. The van der Waals surface area contributed by atoms with Gasteiger partial charge in [-0.05, 0) is 38.3 Å².